The van der Waals surface area contributed by atoms with Crippen molar-refractivity contribution in [2.45, 2.75) is 0 Å². The molecule has 10 heteroatoms. The Morgan fingerprint density at radius 2 is 1.25 bits per heavy atom. The Balaban J connectivity index is 2.20. The van der Waals surface area contributed by atoms with E-state index in [1.165, 1.54) is 12.4 Å². The average molecular weight is 441 g/mol. The van der Waals surface area contributed by atoms with Gasteiger partial charge in [0, 0.05) is 5.56 Å². The number of hydrogen-bond acceptors (Lipinski definition) is 6. The van der Waals surface area contributed by atoms with Crippen LogP contribution in [-0.2, 0) is 9.59 Å². The second kappa shape index (κ2) is 10.7. The zero-order valence-electron chi connectivity index (χ0n) is 19.5. The number of benzene rings is 1. The summed E-state index contributed by atoms with van der Waals surface area (Å²) in [6.45, 7) is 0.586. The topological polar surface area (TPSA) is 109 Å². The Kier molecular flexibility index (Phi) is 8.27. The lowest BCUT2D eigenvalue weighted by Gasteiger charge is -2.21. The van der Waals surface area contributed by atoms with E-state index in [0.717, 1.165) is 5.56 Å². The third-order valence-corrected chi connectivity index (χ3v) is 3.81. The molecule has 2 aromatic rings. The molecule has 0 unspecified atom stereocenters. The maximum Gasteiger partial charge on any atom is 0.295 e. The molecular weight excluding hydrogens is 408 g/mol. The minimum absolute atomic E-state index is 0.201. The standard InChI is InChI=1S/C22H30N8O2/c1-29(2,3)15-20(31)27-23-13-18-12-19(14-24-28-21(32)16-30(4,5)6)26-22(25-18)17-10-8-7-9-11-17/h7-14H,15-16H2,1-6H3/p+2. The van der Waals surface area contributed by atoms with Crippen LogP contribution in [0.2, 0.25) is 0 Å². The van der Waals surface area contributed by atoms with E-state index in [0.29, 0.717) is 39.3 Å². The molecule has 0 aliphatic heterocycles. The first-order chi connectivity index (χ1) is 14.9. The van der Waals surface area contributed by atoms with Crippen molar-refractivity contribution in [3.05, 3.63) is 47.8 Å². The summed E-state index contributed by atoms with van der Waals surface area (Å²) >= 11 is 0. The van der Waals surface area contributed by atoms with Gasteiger partial charge in [0.2, 0.25) is 0 Å². The molecule has 10 nitrogen and oxygen atoms in total. The van der Waals surface area contributed by atoms with Crippen LogP contribution in [0.3, 0.4) is 0 Å². The van der Waals surface area contributed by atoms with Gasteiger partial charge in [-0.15, -0.1) is 0 Å². The van der Waals surface area contributed by atoms with E-state index in [1.54, 1.807) is 6.07 Å². The van der Waals surface area contributed by atoms with E-state index >= 15 is 0 Å². The Hall–Kier alpha value is -3.50. The Labute approximate surface area is 188 Å². The lowest BCUT2D eigenvalue weighted by molar-refractivity contribution is -0.862. The summed E-state index contributed by atoms with van der Waals surface area (Å²) in [4.78, 5) is 32.9. The molecule has 1 aromatic carbocycles. The van der Waals surface area contributed by atoms with Gasteiger partial charge in [0.15, 0.2) is 18.9 Å². The van der Waals surface area contributed by atoms with Gasteiger partial charge in [-0.1, -0.05) is 30.3 Å². The molecule has 0 aliphatic carbocycles. The number of likely N-dealkylation sites (N-methyl/N-ethyl adjacent to an activating group) is 2. The highest BCUT2D eigenvalue weighted by molar-refractivity contribution is 5.86. The number of hydrazone groups is 2. The van der Waals surface area contributed by atoms with Crippen molar-refractivity contribution >= 4 is 24.2 Å². The van der Waals surface area contributed by atoms with E-state index in [-0.39, 0.29) is 11.8 Å². The lowest BCUT2D eigenvalue weighted by atomic mass is 10.2. The van der Waals surface area contributed by atoms with E-state index < -0.39 is 0 Å². The van der Waals surface area contributed by atoms with Gasteiger partial charge in [-0.3, -0.25) is 9.59 Å². The number of rotatable bonds is 9. The molecule has 1 aromatic heterocycles. The zero-order valence-corrected chi connectivity index (χ0v) is 19.5. The van der Waals surface area contributed by atoms with Crippen molar-refractivity contribution in [3.8, 4) is 11.4 Å². The molecule has 0 atom stereocenters. The van der Waals surface area contributed by atoms with E-state index in [4.69, 9.17) is 0 Å². The zero-order chi connectivity index (χ0) is 23.8. The molecule has 0 spiro atoms. The minimum atomic E-state index is -0.201. The van der Waals surface area contributed by atoms with Crippen molar-refractivity contribution in [3.63, 3.8) is 0 Å². The van der Waals surface area contributed by atoms with Gasteiger partial charge in [0.05, 0.1) is 66.1 Å². The normalized spacial score (nSPS) is 12.3. The third-order valence-electron chi connectivity index (χ3n) is 3.81. The fourth-order valence-electron chi connectivity index (χ4n) is 2.61. The van der Waals surface area contributed by atoms with Gasteiger partial charge < -0.3 is 8.97 Å². The molecule has 0 bridgehead atoms. The van der Waals surface area contributed by atoms with Crippen LogP contribution in [0.25, 0.3) is 11.4 Å². The fourth-order valence-corrected chi connectivity index (χ4v) is 2.61. The number of hydrogen-bond donors (Lipinski definition) is 2. The number of carbonyl (C=O) groups excluding carboxylic acids is 2. The highest BCUT2D eigenvalue weighted by Gasteiger charge is 2.14. The maximum atomic E-state index is 12.0. The molecule has 0 saturated carbocycles. The van der Waals surface area contributed by atoms with Crippen molar-refractivity contribution in [2.75, 3.05) is 55.4 Å². The van der Waals surface area contributed by atoms with Crippen LogP contribution >= 0.6 is 0 Å². The van der Waals surface area contributed by atoms with Crippen molar-refractivity contribution in [1.29, 1.82) is 0 Å². The number of carbonyl (C=O) groups is 2. The van der Waals surface area contributed by atoms with Crippen molar-refractivity contribution < 1.29 is 18.6 Å². The summed E-state index contributed by atoms with van der Waals surface area (Å²) in [6.07, 6.45) is 2.91. The monoisotopic (exact) mass is 440 g/mol. The maximum absolute atomic E-state index is 12.0. The Morgan fingerprint density at radius 3 is 1.66 bits per heavy atom. The Morgan fingerprint density at radius 1 is 0.812 bits per heavy atom. The molecule has 0 fully saturated rings. The van der Waals surface area contributed by atoms with Crippen LogP contribution < -0.4 is 10.9 Å². The first kappa shape index (κ1) is 24.8. The molecular formula is C22H32N8O2+2. The fraction of sp³-hybridized carbons (Fsp3) is 0.364. The van der Waals surface area contributed by atoms with Crippen molar-refractivity contribution in [1.82, 2.24) is 20.8 Å². The molecule has 1 heterocycles. The van der Waals surface area contributed by atoms with Crippen LogP contribution in [0, 0.1) is 0 Å². The van der Waals surface area contributed by atoms with E-state index in [9.17, 15) is 9.59 Å². The van der Waals surface area contributed by atoms with Crippen LogP contribution in [0.4, 0.5) is 0 Å². The second-order valence-corrected chi connectivity index (χ2v) is 9.39. The van der Waals surface area contributed by atoms with Crippen LogP contribution in [0.5, 0.6) is 0 Å². The summed E-state index contributed by atoms with van der Waals surface area (Å²) in [5.74, 6) is 0.0760. The van der Waals surface area contributed by atoms with Gasteiger partial charge >= 0.3 is 0 Å². The molecule has 2 rings (SSSR count). The highest BCUT2D eigenvalue weighted by atomic mass is 16.2. The van der Waals surface area contributed by atoms with Crippen LogP contribution in [0.15, 0.2) is 46.6 Å². The summed E-state index contributed by atoms with van der Waals surface area (Å²) < 4.78 is 0.987. The summed E-state index contributed by atoms with van der Waals surface area (Å²) in [5.41, 5.74) is 6.82. The van der Waals surface area contributed by atoms with E-state index in [1.807, 2.05) is 72.6 Å². The average Bonchev–Trinajstić information content (AvgIpc) is 2.66. The van der Waals surface area contributed by atoms with Gasteiger partial charge in [0.1, 0.15) is 0 Å². The third kappa shape index (κ3) is 9.54. The second-order valence-electron chi connectivity index (χ2n) is 9.39. The summed E-state index contributed by atoms with van der Waals surface area (Å²) in [7, 11) is 11.5. The SMILES string of the molecule is C[N+](C)(C)CC(=O)NN=Cc1cc(C=NNC(=O)C[N+](C)(C)C)nc(-c2ccccc2)n1. The lowest BCUT2D eigenvalue weighted by Crippen LogP contribution is -2.43. The molecule has 2 amide bonds. The number of amides is 2. The van der Waals surface area contributed by atoms with E-state index in [2.05, 4.69) is 31.0 Å². The van der Waals surface area contributed by atoms with Gasteiger partial charge in [-0.05, 0) is 6.07 Å². The van der Waals surface area contributed by atoms with Crippen LogP contribution in [0.1, 0.15) is 11.4 Å². The number of aromatic nitrogens is 2. The van der Waals surface area contributed by atoms with Gasteiger partial charge in [-0.25, -0.2) is 20.8 Å². The molecule has 32 heavy (non-hydrogen) atoms. The summed E-state index contributed by atoms with van der Waals surface area (Å²) in [5, 5.41) is 8.02. The smallest absolute Gasteiger partial charge is 0.295 e. The minimum Gasteiger partial charge on any atom is -0.323 e. The number of nitrogens with zero attached hydrogens (tertiary/aromatic N) is 6. The molecule has 0 saturated heterocycles. The van der Waals surface area contributed by atoms with Gasteiger partial charge in [-0.2, -0.15) is 10.2 Å². The number of quaternary nitrogens is 2. The summed E-state index contributed by atoms with van der Waals surface area (Å²) in [6, 6.07) is 11.1. The largest absolute Gasteiger partial charge is 0.323 e. The first-order valence-electron chi connectivity index (χ1n) is 10.1. The van der Waals surface area contributed by atoms with Gasteiger partial charge in [0.25, 0.3) is 11.8 Å². The number of nitrogens with one attached hydrogen (secondary N) is 2. The highest BCUT2D eigenvalue weighted by Crippen LogP contribution is 2.14. The molecule has 2 N–H and O–H groups in total. The quantitative estimate of drug-likeness (QED) is 0.335. The molecule has 170 valence electrons. The molecule has 0 radical (unpaired) electrons. The van der Waals surface area contributed by atoms with Crippen molar-refractivity contribution in [2.24, 2.45) is 10.2 Å². The molecule has 0 aliphatic rings. The predicted octanol–water partition coefficient (Wildman–Crippen LogP) is 0.456. The Bertz CT molecular complexity index is 931. The predicted molar refractivity (Wildman–Crippen MR) is 125 cm³/mol. The van der Waals surface area contributed by atoms with Crippen LogP contribution in [-0.4, -0.2) is 98.6 Å². The first-order valence-corrected chi connectivity index (χ1v) is 10.1.